The molecule has 0 saturated carbocycles. The van der Waals surface area contributed by atoms with Gasteiger partial charge in [0.25, 0.3) is 0 Å². The lowest BCUT2D eigenvalue weighted by Crippen LogP contribution is -2.54. The first-order valence-corrected chi connectivity index (χ1v) is 15.6. The molecule has 2 aliphatic rings. The van der Waals surface area contributed by atoms with E-state index in [2.05, 4.69) is 30.8 Å². The second-order valence-electron chi connectivity index (χ2n) is 12.0. The molecule has 2 aromatic rings. The number of nitrogens with one attached hydrogen (secondary N) is 3. The van der Waals surface area contributed by atoms with Crippen molar-refractivity contribution in [1.82, 2.24) is 25.5 Å². The normalized spacial score (nSPS) is 16.9. The van der Waals surface area contributed by atoms with Crippen LogP contribution in [-0.4, -0.2) is 83.2 Å². The third kappa shape index (κ3) is 9.35. The number of carbonyl (C=O) groups excluding carboxylic acids is 3. The number of anilines is 3. The van der Waals surface area contributed by atoms with Gasteiger partial charge < -0.3 is 36.2 Å². The highest BCUT2D eigenvalue weighted by Gasteiger charge is 2.33. The lowest BCUT2D eigenvalue weighted by atomic mass is 9.90. The van der Waals surface area contributed by atoms with Crippen LogP contribution in [0.1, 0.15) is 53.4 Å². The van der Waals surface area contributed by atoms with Crippen LogP contribution in [0.3, 0.4) is 0 Å². The number of halogens is 1. The molecule has 0 atom stereocenters. The van der Waals surface area contributed by atoms with E-state index < -0.39 is 11.7 Å². The lowest BCUT2D eigenvalue weighted by molar-refractivity contribution is -0.133. The first-order valence-electron chi connectivity index (χ1n) is 14.5. The number of benzene rings is 1. The number of nitrogens with two attached hydrogens (primary N) is 1. The quantitative estimate of drug-likeness (QED) is 0.337. The van der Waals surface area contributed by atoms with Gasteiger partial charge in [-0.15, -0.1) is 0 Å². The van der Waals surface area contributed by atoms with Crippen LogP contribution in [0.4, 0.5) is 22.1 Å². The Hall–Kier alpha value is -3.29. The van der Waals surface area contributed by atoms with E-state index in [1.54, 1.807) is 23.2 Å². The van der Waals surface area contributed by atoms with Gasteiger partial charge in [-0.1, -0.05) is 29.4 Å². The van der Waals surface area contributed by atoms with Crippen molar-refractivity contribution in [2.75, 3.05) is 55.2 Å². The molecule has 1 aromatic carbocycles. The zero-order valence-electron chi connectivity index (χ0n) is 25.2. The zero-order valence-corrected chi connectivity index (χ0v) is 26.7. The van der Waals surface area contributed by atoms with Gasteiger partial charge in [0.05, 0.1) is 16.9 Å². The molecule has 3 amide bonds. The standard InChI is InChI=1S/C29H41ClN8O4S/c1-28(2,3)42-27(41)36-29(4)10-14-37(15-11-29)21-18-33-26(25(31)35-21)43-20-7-5-6-19(24(20)30)34-22(39)8-9-23(40)38-16-12-32-13-17-38/h5-7,18,32H,8-17H2,1-4H3,(H2,31,35)(H,34,39)(H,36,41). The van der Waals surface area contributed by atoms with Gasteiger partial charge in [-0.25, -0.2) is 14.8 Å². The van der Waals surface area contributed by atoms with E-state index in [1.807, 2.05) is 33.8 Å². The number of rotatable bonds is 8. The zero-order chi connectivity index (χ0) is 31.2. The maximum absolute atomic E-state index is 12.6. The Kier molecular flexibility index (Phi) is 10.6. The van der Waals surface area contributed by atoms with Crippen LogP contribution in [0.15, 0.2) is 34.3 Å². The predicted molar refractivity (Wildman–Crippen MR) is 169 cm³/mol. The molecule has 12 nitrogen and oxygen atoms in total. The largest absolute Gasteiger partial charge is 0.444 e. The molecule has 0 radical (unpaired) electrons. The topological polar surface area (TPSA) is 155 Å². The second kappa shape index (κ2) is 14.0. The van der Waals surface area contributed by atoms with E-state index in [1.165, 1.54) is 11.8 Å². The van der Waals surface area contributed by atoms with E-state index in [-0.39, 0.29) is 36.0 Å². The van der Waals surface area contributed by atoms with Crippen molar-refractivity contribution in [2.45, 2.75) is 74.4 Å². The van der Waals surface area contributed by atoms with Crippen LogP contribution < -0.4 is 26.6 Å². The number of aromatic nitrogens is 2. The lowest BCUT2D eigenvalue weighted by Gasteiger charge is -2.40. The number of piperazine rings is 1. The molecular formula is C29H41ClN8O4S. The number of hydrogen-bond acceptors (Lipinski definition) is 10. The molecule has 2 aliphatic heterocycles. The molecule has 1 aromatic heterocycles. The Morgan fingerprint density at radius 1 is 1.14 bits per heavy atom. The van der Waals surface area contributed by atoms with Crippen LogP contribution in [0.25, 0.3) is 0 Å². The minimum atomic E-state index is -0.556. The van der Waals surface area contributed by atoms with Crippen LogP contribution in [0.5, 0.6) is 0 Å². The molecular weight excluding hydrogens is 592 g/mol. The summed E-state index contributed by atoms with van der Waals surface area (Å²) in [5, 5.41) is 9.88. The first kappa shape index (κ1) is 32.6. The number of alkyl carbamates (subject to hydrolysis) is 1. The van der Waals surface area contributed by atoms with Gasteiger partial charge in [0.2, 0.25) is 11.8 Å². The molecule has 3 heterocycles. The highest BCUT2D eigenvalue weighted by molar-refractivity contribution is 7.99. The Morgan fingerprint density at radius 2 is 1.84 bits per heavy atom. The van der Waals surface area contributed by atoms with Crippen LogP contribution in [0.2, 0.25) is 5.02 Å². The highest BCUT2D eigenvalue weighted by atomic mass is 35.5. The molecule has 0 bridgehead atoms. The number of nitrogen functional groups attached to an aromatic ring is 1. The monoisotopic (exact) mass is 632 g/mol. The summed E-state index contributed by atoms with van der Waals surface area (Å²) < 4.78 is 5.42. The van der Waals surface area contributed by atoms with Gasteiger partial charge >= 0.3 is 6.09 Å². The molecule has 0 spiro atoms. The fourth-order valence-corrected chi connectivity index (χ4v) is 5.91. The fourth-order valence-electron chi connectivity index (χ4n) is 4.81. The molecule has 2 saturated heterocycles. The smallest absolute Gasteiger partial charge is 0.408 e. The van der Waals surface area contributed by atoms with Crippen LogP contribution >= 0.6 is 23.4 Å². The van der Waals surface area contributed by atoms with Gasteiger partial charge in [-0.05, 0) is 52.7 Å². The van der Waals surface area contributed by atoms with Gasteiger partial charge in [-0.2, -0.15) is 0 Å². The first-order chi connectivity index (χ1) is 20.3. The van der Waals surface area contributed by atoms with E-state index >= 15 is 0 Å². The Balaban J connectivity index is 1.31. The molecule has 2 fully saturated rings. The number of piperidine rings is 1. The minimum Gasteiger partial charge on any atom is -0.444 e. The average molecular weight is 633 g/mol. The summed E-state index contributed by atoms with van der Waals surface area (Å²) in [5.74, 6) is 0.610. The van der Waals surface area contributed by atoms with E-state index in [4.69, 9.17) is 22.1 Å². The summed E-state index contributed by atoms with van der Waals surface area (Å²) in [6, 6.07) is 5.31. The summed E-state index contributed by atoms with van der Waals surface area (Å²) >= 11 is 7.89. The van der Waals surface area contributed by atoms with E-state index in [0.717, 1.165) is 13.1 Å². The second-order valence-corrected chi connectivity index (χ2v) is 13.4. The summed E-state index contributed by atoms with van der Waals surface area (Å²) in [5.41, 5.74) is 5.82. The molecule has 5 N–H and O–H groups in total. The van der Waals surface area contributed by atoms with Gasteiger partial charge in [0, 0.05) is 62.5 Å². The number of amides is 3. The summed E-state index contributed by atoms with van der Waals surface area (Å²) in [6.07, 6.45) is 2.90. The number of ether oxygens (including phenoxy) is 1. The Labute approximate surface area is 261 Å². The van der Waals surface area contributed by atoms with Gasteiger partial charge in [0.1, 0.15) is 16.4 Å². The SMILES string of the molecule is CC1(NC(=O)OC(C)(C)C)CCN(c2cnc(Sc3cccc(NC(=O)CCC(=O)N4CCNCC4)c3Cl)c(N)n2)CC1. The Bertz CT molecular complexity index is 1320. The summed E-state index contributed by atoms with van der Waals surface area (Å²) in [7, 11) is 0. The van der Waals surface area contributed by atoms with Crippen molar-refractivity contribution in [3.05, 3.63) is 29.4 Å². The summed E-state index contributed by atoms with van der Waals surface area (Å²) in [4.78, 5) is 50.9. The maximum atomic E-state index is 12.6. The highest BCUT2D eigenvalue weighted by Crippen LogP contribution is 2.39. The number of hydrogen-bond donors (Lipinski definition) is 4. The number of nitrogens with zero attached hydrogens (tertiary/aromatic N) is 4. The summed E-state index contributed by atoms with van der Waals surface area (Å²) in [6.45, 7) is 11.7. The Morgan fingerprint density at radius 3 is 2.49 bits per heavy atom. The third-order valence-corrected chi connectivity index (χ3v) is 8.81. The van der Waals surface area contributed by atoms with Crippen molar-refractivity contribution >= 4 is 58.6 Å². The van der Waals surface area contributed by atoms with Crippen molar-refractivity contribution in [1.29, 1.82) is 0 Å². The van der Waals surface area contributed by atoms with Gasteiger partial charge in [-0.3, -0.25) is 9.59 Å². The van der Waals surface area contributed by atoms with Crippen LogP contribution in [0, 0.1) is 0 Å². The van der Waals surface area contributed by atoms with E-state index in [9.17, 15) is 14.4 Å². The molecule has 0 unspecified atom stereocenters. The predicted octanol–water partition coefficient (Wildman–Crippen LogP) is 3.90. The molecule has 234 valence electrons. The molecule has 0 aliphatic carbocycles. The maximum Gasteiger partial charge on any atom is 0.408 e. The van der Waals surface area contributed by atoms with Crippen molar-refractivity contribution in [3.8, 4) is 0 Å². The fraction of sp³-hybridized carbons (Fsp3) is 0.552. The van der Waals surface area contributed by atoms with Gasteiger partial charge in [0.15, 0.2) is 5.82 Å². The molecule has 14 heteroatoms. The minimum absolute atomic E-state index is 0.0272. The molecule has 4 rings (SSSR count). The van der Waals surface area contributed by atoms with Crippen LogP contribution in [-0.2, 0) is 14.3 Å². The van der Waals surface area contributed by atoms with Crippen molar-refractivity contribution in [3.63, 3.8) is 0 Å². The number of carbonyl (C=O) groups is 3. The van der Waals surface area contributed by atoms with Crippen molar-refractivity contribution in [2.24, 2.45) is 0 Å². The third-order valence-electron chi connectivity index (χ3n) is 7.22. The average Bonchev–Trinajstić information content (AvgIpc) is 2.94. The van der Waals surface area contributed by atoms with E-state index in [0.29, 0.717) is 65.5 Å². The van der Waals surface area contributed by atoms with Crippen molar-refractivity contribution < 1.29 is 19.1 Å². The molecule has 43 heavy (non-hydrogen) atoms.